The second-order valence-electron chi connectivity index (χ2n) is 6.16. The Balaban J connectivity index is 1.62. The van der Waals surface area contributed by atoms with Crippen LogP contribution >= 0.6 is 0 Å². The first-order chi connectivity index (χ1) is 12.3. The normalized spacial score (nSPS) is 17.6. The van der Waals surface area contributed by atoms with Gasteiger partial charge < -0.3 is 0 Å². The molecule has 1 aliphatic heterocycles. The van der Waals surface area contributed by atoms with Gasteiger partial charge in [-0.3, -0.25) is 9.59 Å². The number of benzene rings is 2. The Morgan fingerprint density at radius 1 is 1.08 bits per heavy atom. The van der Waals surface area contributed by atoms with Crippen LogP contribution in [0.15, 0.2) is 54.6 Å². The Bertz CT molecular complexity index is 789. The van der Waals surface area contributed by atoms with Crippen LogP contribution < -0.4 is 5.43 Å². The van der Waals surface area contributed by atoms with Gasteiger partial charge in [-0.25, -0.2) is 10.4 Å². The largest absolute Gasteiger partial charge is 0.416 e. The molecular formula is C19H17F3N2O2. The number of hydrogen-bond acceptors (Lipinski definition) is 3. The number of carbonyl (C=O) groups is 2. The molecule has 1 N–H and O–H groups in total. The third-order valence-corrected chi connectivity index (χ3v) is 4.27. The van der Waals surface area contributed by atoms with Gasteiger partial charge in [-0.15, -0.1) is 0 Å². The molecule has 1 saturated heterocycles. The van der Waals surface area contributed by atoms with Gasteiger partial charge in [-0.05, 0) is 42.7 Å². The quantitative estimate of drug-likeness (QED) is 0.846. The summed E-state index contributed by atoms with van der Waals surface area (Å²) in [6.07, 6.45) is -2.86. The van der Waals surface area contributed by atoms with E-state index < -0.39 is 17.6 Å². The summed E-state index contributed by atoms with van der Waals surface area (Å²) in [5, 5.41) is 0.901. The zero-order valence-electron chi connectivity index (χ0n) is 13.8. The van der Waals surface area contributed by atoms with Gasteiger partial charge in [0.05, 0.1) is 5.56 Å². The fourth-order valence-corrected chi connectivity index (χ4v) is 2.86. The lowest BCUT2D eigenvalue weighted by molar-refractivity contribution is -0.137. The summed E-state index contributed by atoms with van der Waals surface area (Å²) < 4.78 is 37.8. The number of nitrogens with one attached hydrogen (secondary N) is 1. The van der Waals surface area contributed by atoms with Crippen LogP contribution in [0.2, 0.25) is 0 Å². The molecule has 0 radical (unpaired) electrons. The third kappa shape index (κ3) is 4.11. The zero-order chi connectivity index (χ0) is 18.7. The Labute approximate surface area is 148 Å². The highest BCUT2D eigenvalue weighted by Crippen LogP contribution is 2.29. The fraction of sp³-hybridized carbons (Fsp3) is 0.263. The van der Waals surface area contributed by atoms with Crippen LogP contribution in [0.1, 0.15) is 34.3 Å². The minimum Gasteiger partial charge on any atom is -0.273 e. The smallest absolute Gasteiger partial charge is 0.273 e. The van der Waals surface area contributed by atoms with Gasteiger partial charge in [-0.1, -0.05) is 30.3 Å². The lowest BCUT2D eigenvalue weighted by Crippen LogP contribution is -2.42. The number of nitrogens with zero attached hydrogens (tertiary/aromatic N) is 1. The van der Waals surface area contributed by atoms with Gasteiger partial charge in [0.25, 0.3) is 5.91 Å². The van der Waals surface area contributed by atoms with Gasteiger partial charge in [-0.2, -0.15) is 13.2 Å². The number of carbonyl (C=O) groups excluding carboxylic acids is 2. The van der Waals surface area contributed by atoms with Crippen molar-refractivity contribution in [3.8, 4) is 0 Å². The van der Waals surface area contributed by atoms with Crippen LogP contribution in [0.4, 0.5) is 13.2 Å². The Morgan fingerprint density at radius 3 is 2.35 bits per heavy atom. The van der Waals surface area contributed by atoms with E-state index >= 15 is 0 Å². The summed E-state index contributed by atoms with van der Waals surface area (Å²) >= 11 is 0. The van der Waals surface area contributed by atoms with E-state index in [2.05, 4.69) is 5.43 Å². The molecule has 2 amide bonds. The first kappa shape index (κ1) is 18.1. The number of aryl methyl sites for hydroxylation is 1. The zero-order valence-corrected chi connectivity index (χ0v) is 13.8. The Hall–Kier alpha value is -2.67. The predicted octanol–water partition coefficient (Wildman–Crippen LogP) is 3.58. The number of rotatable bonds is 4. The van der Waals surface area contributed by atoms with Gasteiger partial charge in [0.2, 0.25) is 5.91 Å². The minimum absolute atomic E-state index is 0.0301. The van der Waals surface area contributed by atoms with Crippen molar-refractivity contribution in [2.75, 3.05) is 0 Å². The molecule has 7 heteroatoms. The molecule has 1 heterocycles. The van der Waals surface area contributed by atoms with Gasteiger partial charge in [0.1, 0.15) is 0 Å². The molecule has 0 saturated carbocycles. The fourth-order valence-electron chi connectivity index (χ4n) is 2.86. The van der Waals surface area contributed by atoms with Crippen molar-refractivity contribution in [1.29, 1.82) is 0 Å². The van der Waals surface area contributed by atoms with Crippen LogP contribution in [0.3, 0.4) is 0 Å². The monoisotopic (exact) mass is 362 g/mol. The molecule has 1 aliphatic rings. The van der Waals surface area contributed by atoms with Crippen LogP contribution in [-0.4, -0.2) is 22.9 Å². The van der Waals surface area contributed by atoms with E-state index in [0.29, 0.717) is 6.42 Å². The standard InChI is InChI=1S/C19H17F3N2O2/c20-19(21,22)15-9-7-14(8-10-15)18(26)24-17(25)12-16(23-24)11-6-13-4-2-1-3-5-13/h1-5,7-10,16,23H,6,11-12H2. The van der Waals surface area contributed by atoms with Crippen molar-refractivity contribution < 1.29 is 22.8 Å². The number of hydrogen-bond donors (Lipinski definition) is 1. The van der Waals surface area contributed by atoms with E-state index in [1.165, 1.54) is 0 Å². The van der Waals surface area contributed by atoms with E-state index in [1.54, 1.807) is 0 Å². The van der Waals surface area contributed by atoms with E-state index in [0.717, 1.165) is 41.3 Å². The topological polar surface area (TPSA) is 49.4 Å². The van der Waals surface area contributed by atoms with Crippen molar-refractivity contribution in [2.45, 2.75) is 31.5 Å². The highest BCUT2D eigenvalue weighted by Gasteiger charge is 2.35. The SMILES string of the molecule is O=C1CC(CCc2ccccc2)NN1C(=O)c1ccc(C(F)(F)F)cc1. The second-order valence-corrected chi connectivity index (χ2v) is 6.16. The molecule has 1 atom stereocenters. The molecule has 0 spiro atoms. The van der Waals surface area contributed by atoms with E-state index in [1.807, 2.05) is 30.3 Å². The summed E-state index contributed by atoms with van der Waals surface area (Å²) in [5.74, 6) is -1.03. The molecule has 136 valence electrons. The van der Waals surface area contributed by atoms with Crippen molar-refractivity contribution in [1.82, 2.24) is 10.4 Å². The molecule has 0 bridgehead atoms. The van der Waals surface area contributed by atoms with Crippen molar-refractivity contribution in [2.24, 2.45) is 0 Å². The summed E-state index contributed by atoms with van der Waals surface area (Å²) in [7, 11) is 0. The molecule has 2 aromatic carbocycles. The van der Waals surface area contributed by atoms with Gasteiger partial charge in [0.15, 0.2) is 0 Å². The number of halogens is 3. The summed E-state index contributed by atoms with van der Waals surface area (Å²) in [5.41, 5.74) is 3.19. The first-order valence-electron chi connectivity index (χ1n) is 8.19. The van der Waals surface area contributed by atoms with E-state index in [-0.39, 0.29) is 23.9 Å². The second kappa shape index (κ2) is 7.29. The third-order valence-electron chi connectivity index (χ3n) is 4.27. The summed E-state index contributed by atoms with van der Waals surface area (Å²) in [6.45, 7) is 0. The maximum Gasteiger partial charge on any atom is 0.416 e. The molecule has 0 aliphatic carbocycles. The van der Waals surface area contributed by atoms with Crippen LogP contribution in [0.25, 0.3) is 0 Å². The molecule has 26 heavy (non-hydrogen) atoms. The van der Waals surface area contributed by atoms with Crippen LogP contribution in [-0.2, 0) is 17.4 Å². The van der Waals surface area contributed by atoms with Crippen molar-refractivity contribution in [3.63, 3.8) is 0 Å². The molecule has 3 rings (SSSR count). The van der Waals surface area contributed by atoms with Crippen molar-refractivity contribution >= 4 is 11.8 Å². The van der Waals surface area contributed by atoms with Gasteiger partial charge >= 0.3 is 6.18 Å². The number of hydrazine groups is 1. The Morgan fingerprint density at radius 2 is 1.73 bits per heavy atom. The average Bonchev–Trinajstić information content (AvgIpc) is 3.00. The van der Waals surface area contributed by atoms with Crippen LogP contribution in [0.5, 0.6) is 0 Å². The Kier molecular flexibility index (Phi) is 5.08. The number of imide groups is 1. The molecular weight excluding hydrogens is 345 g/mol. The number of amides is 2. The minimum atomic E-state index is -4.47. The lowest BCUT2D eigenvalue weighted by atomic mass is 10.0. The van der Waals surface area contributed by atoms with E-state index in [9.17, 15) is 22.8 Å². The highest BCUT2D eigenvalue weighted by atomic mass is 19.4. The maximum absolute atomic E-state index is 12.6. The van der Waals surface area contributed by atoms with Gasteiger partial charge in [0, 0.05) is 18.0 Å². The average molecular weight is 362 g/mol. The predicted molar refractivity (Wildman–Crippen MR) is 88.9 cm³/mol. The maximum atomic E-state index is 12.6. The summed E-state index contributed by atoms with van der Waals surface area (Å²) in [4.78, 5) is 24.5. The summed E-state index contributed by atoms with van der Waals surface area (Å²) in [6, 6.07) is 13.4. The van der Waals surface area contributed by atoms with Crippen molar-refractivity contribution in [3.05, 3.63) is 71.3 Å². The first-order valence-corrected chi connectivity index (χ1v) is 8.19. The number of alkyl halides is 3. The molecule has 0 aromatic heterocycles. The molecule has 4 nitrogen and oxygen atoms in total. The molecule has 2 aromatic rings. The van der Waals surface area contributed by atoms with Crippen LogP contribution in [0, 0.1) is 0 Å². The highest BCUT2D eigenvalue weighted by molar-refractivity contribution is 6.05. The lowest BCUT2D eigenvalue weighted by Gasteiger charge is -2.17. The molecule has 1 unspecified atom stereocenters. The van der Waals surface area contributed by atoms with E-state index in [4.69, 9.17) is 0 Å². The molecule has 1 fully saturated rings.